The fourth-order valence-corrected chi connectivity index (χ4v) is 2.73. The first kappa shape index (κ1) is 15.8. The predicted octanol–water partition coefficient (Wildman–Crippen LogP) is 3.97. The van der Waals surface area contributed by atoms with Gasteiger partial charge in [0.05, 0.1) is 6.61 Å². The van der Waals surface area contributed by atoms with E-state index in [9.17, 15) is 0 Å². The van der Waals surface area contributed by atoms with Crippen LogP contribution in [0.3, 0.4) is 0 Å². The molecule has 0 amide bonds. The van der Waals surface area contributed by atoms with Crippen LogP contribution in [-0.4, -0.2) is 25.5 Å². The van der Waals surface area contributed by atoms with Gasteiger partial charge in [-0.3, -0.25) is 0 Å². The topological polar surface area (TPSA) is 21.3 Å². The first-order chi connectivity index (χ1) is 8.67. The molecule has 1 unspecified atom stereocenters. The van der Waals surface area contributed by atoms with Gasteiger partial charge in [0.25, 0.3) is 0 Å². The maximum absolute atomic E-state index is 6.28. The van der Waals surface area contributed by atoms with E-state index < -0.39 is 0 Å². The molecule has 0 heterocycles. The Kier molecular flexibility index (Phi) is 7.75. The summed E-state index contributed by atoms with van der Waals surface area (Å²) in [6.07, 6.45) is 1.17. The van der Waals surface area contributed by atoms with Crippen molar-refractivity contribution >= 4 is 23.4 Å². The number of thioether (sulfide) groups is 1. The van der Waals surface area contributed by atoms with Crippen LogP contribution in [0, 0.1) is 0 Å². The van der Waals surface area contributed by atoms with Crippen molar-refractivity contribution in [2.75, 3.05) is 20.3 Å². The lowest BCUT2D eigenvalue weighted by Crippen LogP contribution is -2.18. The van der Waals surface area contributed by atoms with Crippen molar-refractivity contribution < 1.29 is 4.74 Å². The summed E-state index contributed by atoms with van der Waals surface area (Å²) < 4.78 is 4.99. The quantitative estimate of drug-likeness (QED) is 0.577. The largest absolute Gasteiger partial charge is 0.383 e. The van der Waals surface area contributed by atoms with E-state index in [0.29, 0.717) is 5.25 Å². The van der Waals surface area contributed by atoms with Crippen LogP contribution in [0.2, 0.25) is 5.02 Å². The second-order valence-electron chi connectivity index (χ2n) is 4.26. The third kappa shape index (κ3) is 5.61. The van der Waals surface area contributed by atoms with Gasteiger partial charge in [0.15, 0.2) is 0 Å². The van der Waals surface area contributed by atoms with Gasteiger partial charge in [0.2, 0.25) is 0 Å². The summed E-state index contributed by atoms with van der Waals surface area (Å²) in [4.78, 5) is 1.25. The van der Waals surface area contributed by atoms with Crippen molar-refractivity contribution in [2.24, 2.45) is 0 Å². The molecule has 2 nitrogen and oxygen atoms in total. The first-order valence-corrected chi connectivity index (χ1v) is 7.57. The van der Waals surface area contributed by atoms with Gasteiger partial charge in [0.1, 0.15) is 0 Å². The fourth-order valence-electron chi connectivity index (χ4n) is 1.46. The van der Waals surface area contributed by atoms with Crippen LogP contribution in [0.1, 0.15) is 25.8 Å². The van der Waals surface area contributed by atoms with Crippen LogP contribution in [-0.2, 0) is 11.3 Å². The molecule has 1 rings (SSSR count). The maximum Gasteiger partial charge on any atom is 0.0587 e. The third-order valence-corrected chi connectivity index (χ3v) is 4.35. The van der Waals surface area contributed by atoms with Gasteiger partial charge >= 0.3 is 0 Å². The van der Waals surface area contributed by atoms with Crippen molar-refractivity contribution in [2.45, 2.75) is 37.0 Å². The summed E-state index contributed by atoms with van der Waals surface area (Å²) >= 11 is 8.16. The van der Waals surface area contributed by atoms with E-state index in [0.717, 1.165) is 30.3 Å². The van der Waals surface area contributed by atoms with E-state index in [1.807, 2.05) is 11.8 Å². The van der Waals surface area contributed by atoms with Crippen molar-refractivity contribution in [1.29, 1.82) is 0 Å². The molecule has 0 aliphatic rings. The lowest BCUT2D eigenvalue weighted by atomic mass is 10.2. The van der Waals surface area contributed by atoms with E-state index in [-0.39, 0.29) is 0 Å². The molecule has 1 aromatic carbocycles. The van der Waals surface area contributed by atoms with Crippen molar-refractivity contribution in [3.8, 4) is 0 Å². The van der Waals surface area contributed by atoms with Crippen LogP contribution in [0.5, 0.6) is 0 Å². The summed E-state index contributed by atoms with van der Waals surface area (Å²) in [5, 5.41) is 4.77. The Labute approximate surface area is 119 Å². The number of benzene rings is 1. The van der Waals surface area contributed by atoms with Crippen LogP contribution >= 0.6 is 23.4 Å². The summed E-state index contributed by atoms with van der Waals surface area (Å²) in [6.45, 7) is 6.79. The van der Waals surface area contributed by atoms with Crippen molar-refractivity contribution in [3.05, 3.63) is 28.8 Å². The zero-order chi connectivity index (χ0) is 13.4. The molecule has 0 saturated heterocycles. The Balaban J connectivity index is 2.51. The van der Waals surface area contributed by atoms with Crippen molar-refractivity contribution in [1.82, 2.24) is 5.32 Å². The number of rotatable bonds is 8. The zero-order valence-corrected chi connectivity index (χ0v) is 12.9. The van der Waals surface area contributed by atoms with Crippen LogP contribution in [0.4, 0.5) is 0 Å². The van der Waals surface area contributed by atoms with Gasteiger partial charge in [-0.1, -0.05) is 31.5 Å². The van der Waals surface area contributed by atoms with Gasteiger partial charge in [-0.2, -0.15) is 0 Å². The molecule has 0 spiro atoms. The second-order valence-corrected chi connectivity index (χ2v) is 6.18. The summed E-state index contributed by atoms with van der Waals surface area (Å²) in [7, 11) is 1.70. The number of hydrogen-bond donors (Lipinski definition) is 1. The molecule has 0 bridgehead atoms. The molecule has 1 aromatic rings. The van der Waals surface area contributed by atoms with E-state index >= 15 is 0 Å². The van der Waals surface area contributed by atoms with Gasteiger partial charge in [0, 0.05) is 35.4 Å². The Morgan fingerprint density at radius 1 is 1.44 bits per heavy atom. The minimum absolute atomic E-state index is 0.631. The molecule has 0 aliphatic heterocycles. The minimum atomic E-state index is 0.631. The number of hydrogen-bond acceptors (Lipinski definition) is 3. The highest BCUT2D eigenvalue weighted by Gasteiger charge is 2.05. The van der Waals surface area contributed by atoms with Crippen LogP contribution in [0.15, 0.2) is 23.1 Å². The maximum atomic E-state index is 6.28. The highest BCUT2D eigenvalue weighted by Crippen LogP contribution is 2.29. The fraction of sp³-hybridized carbons (Fsp3) is 0.571. The summed E-state index contributed by atoms with van der Waals surface area (Å²) in [5.41, 5.74) is 1.14. The highest BCUT2D eigenvalue weighted by molar-refractivity contribution is 7.99. The predicted molar refractivity (Wildman–Crippen MR) is 80.6 cm³/mol. The van der Waals surface area contributed by atoms with Crippen LogP contribution < -0.4 is 5.32 Å². The molecule has 0 fully saturated rings. The Morgan fingerprint density at radius 2 is 2.22 bits per heavy atom. The molecule has 18 heavy (non-hydrogen) atoms. The average molecular weight is 288 g/mol. The zero-order valence-electron chi connectivity index (χ0n) is 11.3. The smallest absolute Gasteiger partial charge is 0.0587 e. The van der Waals surface area contributed by atoms with Crippen LogP contribution in [0.25, 0.3) is 0 Å². The number of nitrogens with one attached hydrogen (secondary N) is 1. The summed E-state index contributed by atoms with van der Waals surface area (Å²) in [6, 6.07) is 6.31. The lowest BCUT2D eigenvalue weighted by Gasteiger charge is -2.11. The normalized spacial score (nSPS) is 12.7. The molecular formula is C14H22ClNOS. The molecule has 0 aromatic heterocycles. The summed E-state index contributed by atoms with van der Waals surface area (Å²) in [5.74, 6) is 0. The van der Waals surface area contributed by atoms with E-state index in [2.05, 4.69) is 37.4 Å². The number of ether oxygens (including phenoxy) is 1. The molecule has 1 N–H and O–H groups in total. The molecular weight excluding hydrogens is 266 g/mol. The Bertz CT molecular complexity index is 360. The van der Waals surface area contributed by atoms with Gasteiger partial charge in [-0.15, -0.1) is 11.8 Å². The molecule has 0 saturated carbocycles. The lowest BCUT2D eigenvalue weighted by molar-refractivity contribution is 0.199. The Morgan fingerprint density at radius 3 is 2.83 bits per heavy atom. The van der Waals surface area contributed by atoms with Crippen molar-refractivity contribution in [3.63, 3.8) is 0 Å². The molecule has 1 atom stereocenters. The first-order valence-electron chi connectivity index (χ1n) is 6.32. The monoisotopic (exact) mass is 287 g/mol. The molecule has 0 radical (unpaired) electrons. The highest BCUT2D eigenvalue weighted by atomic mass is 35.5. The minimum Gasteiger partial charge on any atom is -0.383 e. The third-order valence-electron chi connectivity index (χ3n) is 2.74. The van der Waals surface area contributed by atoms with E-state index in [4.69, 9.17) is 16.3 Å². The average Bonchev–Trinajstić information content (AvgIpc) is 2.36. The van der Waals surface area contributed by atoms with Gasteiger partial charge in [-0.05, 0) is 24.1 Å². The second kappa shape index (κ2) is 8.81. The van der Waals surface area contributed by atoms with Gasteiger partial charge in [-0.25, -0.2) is 0 Å². The molecule has 102 valence electrons. The molecule has 4 heteroatoms. The van der Waals surface area contributed by atoms with Gasteiger partial charge < -0.3 is 10.1 Å². The number of methoxy groups -OCH3 is 1. The number of halogens is 1. The standard InChI is InChI=1S/C14H22ClNOS/c1-4-11(2)18-13-6-5-12(14(15)9-13)10-16-7-8-17-3/h5-6,9,11,16H,4,7-8,10H2,1-3H3. The SMILES string of the molecule is CCC(C)Sc1ccc(CNCCOC)c(Cl)c1. The Hall–Kier alpha value is -0.220. The molecule has 0 aliphatic carbocycles. The van der Waals surface area contributed by atoms with E-state index in [1.54, 1.807) is 7.11 Å². The van der Waals surface area contributed by atoms with E-state index in [1.165, 1.54) is 11.3 Å².